The SMILES string of the molecule is CCOC(=O)c1csc(N)c1C(O)c1ccccc1. The molecule has 0 saturated heterocycles. The molecule has 1 unspecified atom stereocenters. The second-order valence-electron chi connectivity index (χ2n) is 3.96. The molecule has 2 rings (SSSR count). The first-order valence-electron chi connectivity index (χ1n) is 5.92. The predicted molar refractivity (Wildman–Crippen MR) is 75.2 cm³/mol. The molecule has 0 amide bonds. The first-order valence-corrected chi connectivity index (χ1v) is 6.80. The Morgan fingerprint density at radius 1 is 1.42 bits per heavy atom. The fourth-order valence-corrected chi connectivity index (χ4v) is 2.65. The van der Waals surface area contributed by atoms with Crippen LogP contribution in [0.4, 0.5) is 5.00 Å². The molecule has 1 heterocycles. The number of nitrogens with two attached hydrogens (primary N) is 1. The molecule has 0 aliphatic carbocycles. The minimum atomic E-state index is -0.924. The van der Waals surface area contributed by atoms with E-state index in [0.29, 0.717) is 21.7 Å². The number of ether oxygens (including phenoxy) is 1. The number of rotatable bonds is 4. The van der Waals surface area contributed by atoms with E-state index < -0.39 is 12.1 Å². The number of benzene rings is 1. The average molecular weight is 277 g/mol. The van der Waals surface area contributed by atoms with E-state index in [2.05, 4.69) is 0 Å². The Kier molecular flexibility index (Phi) is 4.19. The molecule has 0 aliphatic rings. The van der Waals surface area contributed by atoms with Crippen LogP contribution in [0.25, 0.3) is 0 Å². The summed E-state index contributed by atoms with van der Waals surface area (Å²) in [5.74, 6) is -0.458. The molecule has 0 aliphatic heterocycles. The van der Waals surface area contributed by atoms with E-state index in [-0.39, 0.29) is 6.61 Å². The van der Waals surface area contributed by atoms with Crippen LogP contribution in [0.15, 0.2) is 35.7 Å². The monoisotopic (exact) mass is 277 g/mol. The lowest BCUT2D eigenvalue weighted by Crippen LogP contribution is -2.10. The molecule has 1 aromatic heterocycles. The van der Waals surface area contributed by atoms with E-state index in [1.54, 1.807) is 24.4 Å². The third kappa shape index (κ3) is 2.77. The lowest BCUT2D eigenvalue weighted by Gasteiger charge is -2.13. The van der Waals surface area contributed by atoms with Gasteiger partial charge >= 0.3 is 5.97 Å². The molecule has 0 radical (unpaired) electrons. The molecule has 1 atom stereocenters. The van der Waals surface area contributed by atoms with Crippen LogP contribution in [-0.2, 0) is 4.74 Å². The van der Waals surface area contributed by atoms with Gasteiger partial charge in [-0.2, -0.15) is 0 Å². The largest absolute Gasteiger partial charge is 0.462 e. The Balaban J connectivity index is 2.39. The van der Waals surface area contributed by atoms with Crippen LogP contribution < -0.4 is 5.73 Å². The summed E-state index contributed by atoms with van der Waals surface area (Å²) < 4.78 is 4.97. The molecule has 3 N–H and O–H groups in total. The van der Waals surface area contributed by atoms with E-state index >= 15 is 0 Å². The Labute approximate surface area is 115 Å². The van der Waals surface area contributed by atoms with Gasteiger partial charge in [-0.05, 0) is 12.5 Å². The summed E-state index contributed by atoms with van der Waals surface area (Å²) in [6.45, 7) is 2.02. The molecule has 2 aromatic rings. The van der Waals surface area contributed by atoms with Gasteiger partial charge < -0.3 is 15.6 Å². The smallest absolute Gasteiger partial charge is 0.339 e. The van der Waals surface area contributed by atoms with Crippen molar-refractivity contribution in [3.05, 3.63) is 52.4 Å². The normalized spacial score (nSPS) is 12.1. The Morgan fingerprint density at radius 2 is 2.11 bits per heavy atom. The summed E-state index contributed by atoms with van der Waals surface area (Å²) in [5, 5.41) is 12.4. The number of carbonyl (C=O) groups is 1. The summed E-state index contributed by atoms with van der Waals surface area (Å²) in [6.07, 6.45) is -0.924. The Bertz CT molecular complexity index is 565. The molecular weight excluding hydrogens is 262 g/mol. The molecular formula is C14H15NO3S. The lowest BCUT2D eigenvalue weighted by molar-refractivity contribution is 0.0522. The second kappa shape index (κ2) is 5.86. The van der Waals surface area contributed by atoms with Gasteiger partial charge in [0.2, 0.25) is 0 Å². The average Bonchev–Trinajstić information content (AvgIpc) is 2.81. The first-order chi connectivity index (χ1) is 9.15. The maximum atomic E-state index is 11.8. The van der Waals surface area contributed by atoms with E-state index in [9.17, 15) is 9.90 Å². The van der Waals surface area contributed by atoms with Crippen molar-refractivity contribution in [1.82, 2.24) is 0 Å². The highest BCUT2D eigenvalue weighted by Gasteiger charge is 2.24. The summed E-state index contributed by atoms with van der Waals surface area (Å²) in [4.78, 5) is 11.8. The molecule has 100 valence electrons. The summed E-state index contributed by atoms with van der Waals surface area (Å²) in [6, 6.07) is 9.09. The summed E-state index contributed by atoms with van der Waals surface area (Å²) in [5.41, 5.74) is 7.32. The molecule has 1 aromatic carbocycles. The molecule has 5 heteroatoms. The van der Waals surface area contributed by atoms with Gasteiger partial charge in [0.15, 0.2) is 0 Å². The number of aliphatic hydroxyl groups excluding tert-OH is 1. The molecule has 0 bridgehead atoms. The van der Waals surface area contributed by atoms with E-state index in [1.165, 1.54) is 11.3 Å². The van der Waals surface area contributed by atoms with Gasteiger partial charge in [0.1, 0.15) is 6.10 Å². The number of esters is 1. The van der Waals surface area contributed by atoms with Crippen LogP contribution in [0, 0.1) is 0 Å². The van der Waals surface area contributed by atoms with Gasteiger partial charge in [0.25, 0.3) is 0 Å². The minimum Gasteiger partial charge on any atom is -0.462 e. The summed E-state index contributed by atoms with van der Waals surface area (Å²) >= 11 is 1.23. The van der Waals surface area contributed by atoms with Crippen molar-refractivity contribution in [3.8, 4) is 0 Å². The highest BCUT2D eigenvalue weighted by Crippen LogP contribution is 2.34. The van der Waals surface area contributed by atoms with Crippen molar-refractivity contribution >= 4 is 22.3 Å². The quantitative estimate of drug-likeness (QED) is 0.842. The minimum absolute atomic E-state index is 0.287. The van der Waals surface area contributed by atoms with Gasteiger partial charge in [0, 0.05) is 10.9 Å². The number of carbonyl (C=O) groups excluding carboxylic acids is 1. The molecule has 19 heavy (non-hydrogen) atoms. The van der Waals surface area contributed by atoms with E-state index in [0.717, 1.165) is 0 Å². The highest BCUT2D eigenvalue weighted by atomic mass is 32.1. The fourth-order valence-electron chi connectivity index (χ4n) is 1.83. The third-order valence-corrected chi connectivity index (χ3v) is 3.57. The van der Waals surface area contributed by atoms with Crippen molar-refractivity contribution in [1.29, 1.82) is 0 Å². The van der Waals surface area contributed by atoms with Gasteiger partial charge in [-0.1, -0.05) is 30.3 Å². The van der Waals surface area contributed by atoms with Crippen LogP contribution in [0.2, 0.25) is 0 Å². The van der Waals surface area contributed by atoms with Crippen LogP contribution in [-0.4, -0.2) is 17.7 Å². The Morgan fingerprint density at radius 3 is 2.74 bits per heavy atom. The first kappa shape index (κ1) is 13.6. The van der Waals surface area contributed by atoms with Gasteiger partial charge in [0.05, 0.1) is 17.2 Å². The van der Waals surface area contributed by atoms with Crippen molar-refractivity contribution in [2.24, 2.45) is 0 Å². The number of nitrogen functional groups attached to an aromatic ring is 1. The number of anilines is 1. The zero-order valence-corrected chi connectivity index (χ0v) is 11.3. The zero-order chi connectivity index (χ0) is 13.8. The van der Waals surface area contributed by atoms with Crippen LogP contribution >= 0.6 is 11.3 Å². The maximum Gasteiger partial charge on any atom is 0.339 e. The van der Waals surface area contributed by atoms with Crippen LogP contribution in [0.3, 0.4) is 0 Å². The van der Waals surface area contributed by atoms with Gasteiger partial charge in [-0.3, -0.25) is 0 Å². The number of aliphatic hydroxyl groups is 1. The van der Waals surface area contributed by atoms with E-state index in [1.807, 2.05) is 18.2 Å². The van der Waals surface area contributed by atoms with Crippen LogP contribution in [0.5, 0.6) is 0 Å². The van der Waals surface area contributed by atoms with Gasteiger partial charge in [-0.25, -0.2) is 4.79 Å². The molecule has 0 fully saturated rings. The van der Waals surface area contributed by atoms with E-state index in [4.69, 9.17) is 10.5 Å². The fraction of sp³-hybridized carbons (Fsp3) is 0.214. The second-order valence-corrected chi connectivity index (χ2v) is 4.87. The number of hydrogen-bond acceptors (Lipinski definition) is 5. The van der Waals surface area contributed by atoms with Crippen molar-refractivity contribution in [3.63, 3.8) is 0 Å². The predicted octanol–water partition coefficient (Wildman–Crippen LogP) is 2.59. The highest BCUT2D eigenvalue weighted by molar-refractivity contribution is 7.14. The number of hydrogen-bond donors (Lipinski definition) is 2. The lowest BCUT2D eigenvalue weighted by atomic mass is 10.00. The topological polar surface area (TPSA) is 72.5 Å². The molecule has 0 spiro atoms. The molecule has 4 nitrogen and oxygen atoms in total. The van der Waals surface area contributed by atoms with Crippen molar-refractivity contribution in [2.75, 3.05) is 12.3 Å². The van der Waals surface area contributed by atoms with Crippen molar-refractivity contribution in [2.45, 2.75) is 13.0 Å². The van der Waals surface area contributed by atoms with Gasteiger partial charge in [-0.15, -0.1) is 11.3 Å². The molecule has 0 saturated carbocycles. The van der Waals surface area contributed by atoms with Crippen molar-refractivity contribution < 1.29 is 14.6 Å². The standard InChI is InChI=1S/C14H15NO3S/c1-2-18-14(17)10-8-19-13(15)11(10)12(16)9-6-4-3-5-7-9/h3-8,12,16H,2,15H2,1H3. The number of thiophene rings is 1. The Hall–Kier alpha value is -1.85. The van der Waals surface area contributed by atoms with Crippen LogP contribution in [0.1, 0.15) is 34.5 Å². The maximum absolute atomic E-state index is 11.8. The summed E-state index contributed by atoms with van der Waals surface area (Å²) in [7, 11) is 0. The third-order valence-electron chi connectivity index (χ3n) is 2.74. The zero-order valence-electron chi connectivity index (χ0n) is 10.5.